The van der Waals surface area contributed by atoms with Crippen LogP contribution in [0.3, 0.4) is 0 Å². The lowest BCUT2D eigenvalue weighted by molar-refractivity contribution is 0.312. The lowest BCUT2D eigenvalue weighted by Gasteiger charge is -2.26. The van der Waals surface area contributed by atoms with Crippen LogP contribution >= 0.6 is 0 Å². The summed E-state index contributed by atoms with van der Waals surface area (Å²) in [5, 5.41) is 0. The lowest BCUT2D eigenvalue weighted by Crippen LogP contribution is -2.27. The zero-order valence-corrected chi connectivity index (χ0v) is 8.09. The minimum Gasteiger partial charge on any atom is -0.326 e. The Morgan fingerprint density at radius 2 is 2.31 bits per heavy atom. The van der Waals surface area contributed by atoms with Gasteiger partial charge in [-0.15, -0.1) is 0 Å². The normalized spacial score (nSPS) is 17.1. The molecule has 2 heteroatoms. The Morgan fingerprint density at radius 1 is 1.46 bits per heavy atom. The van der Waals surface area contributed by atoms with Gasteiger partial charge < -0.3 is 10.6 Å². The predicted octanol–water partition coefficient (Wildman–Crippen LogP) is 1.13. The van der Waals surface area contributed by atoms with Crippen molar-refractivity contribution in [2.75, 3.05) is 13.6 Å². The monoisotopic (exact) mass is 176 g/mol. The average Bonchev–Trinajstić information content (AvgIpc) is 2.16. The second-order valence-corrected chi connectivity index (χ2v) is 3.75. The van der Waals surface area contributed by atoms with Crippen LogP contribution < -0.4 is 5.73 Å². The van der Waals surface area contributed by atoms with Crippen LogP contribution in [0.1, 0.15) is 16.7 Å². The van der Waals surface area contributed by atoms with Crippen LogP contribution in [0.25, 0.3) is 0 Å². The molecule has 0 atom stereocenters. The van der Waals surface area contributed by atoms with Gasteiger partial charge in [-0.3, -0.25) is 0 Å². The van der Waals surface area contributed by atoms with Crippen molar-refractivity contribution in [3.8, 4) is 0 Å². The Hall–Kier alpha value is -0.860. The maximum Gasteiger partial charge on any atom is 0.0233 e. The third-order valence-corrected chi connectivity index (χ3v) is 2.77. The van der Waals surface area contributed by atoms with Crippen LogP contribution in [0.5, 0.6) is 0 Å². The summed E-state index contributed by atoms with van der Waals surface area (Å²) in [6.07, 6.45) is 1.15. The summed E-state index contributed by atoms with van der Waals surface area (Å²) >= 11 is 0. The minimum absolute atomic E-state index is 0.673. The first-order valence-electron chi connectivity index (χ1n) is 4.79. The summed E-state index contributed by atoms with van der Waals surface area (Å²) in [5.74, 6) is 0. The van der Waals surface area contributed by atoms with Crippen molar-refractivity contribution < 1.29 is 0 Å². The van der Waals surface area contributed by atoms with Crippen LogP contribution in [0.15, 0.2) is 18.2 Å². The molecule has 0 spiro atoms. The largest absolute Gasteiger partial charge is 0.326 e. The van der Waals surface area contributed by atoms with Crippen molar-refractivity contribution in [3.05, 3.63) is 34.9 Å². The van der Waals surface area contributed by atoms with E-state index >= 15 is 0 Å². The van der Waals surface area contributed by atoms with Gasteiger partial charge in [0.2, 0.25) is 0 Å². The Morgan fingerprint density at radius 3 is 3.08 bits per heavy atom. The fraction of sp³-hybridized carbons (Fsp3) is 0.455. The molecule has 1 aliphatic rings. The van der Waals surface area contributed by atoms with Crippen LogP contribution in [-0.2, 0) is 19.5 Å². The molecule has 0 saturated heterocycles. The van der Waals surface area contributed by atoms with Crippen molar-refractivity contribution in [1.29, 1.82) is 0 Å². The molecule has 0 fully saturated rings. The molecule has 13 heavy (non-hydrogen) atoms. The van der Waals surface area contributed by atoms with Gasteiger partial charge in [-0.2, -0.15) is 0 Å². The number of nitrogens with two attached hydrogens (primary N) is 1. The summed E-state index contributed by atoms with van der Waals surface area (Å²) in [7, 11) is 2.16. The summed E-state index contributed by atoms with van der Waals surface area (Å²) in [6.45, 7) is 2.90. The van der Waals surface area contributed by atoms with Crippen LogP contribution in [-0.4, -0.2) is 18.5 Å². The van der Waals surface area contributed by atoms with Crippen LogP contribution in [0.2, 0.25) is 0 Å². The topological polar surface area (TPSA) is 29.3 Å². The molecule has 0 saturated carbocycles. The minimum atomic E-state index is 0.673. The fourth-order valence-corrected chi connectivity index (χ4v) is 2.02. The lowest BCUT2D eigenvalue weighted by atomic mass is 9.95. The Balaban J connectivity index is 2.39. The standard InChI is InChI=1S/C11H16N2/c1-13-6-5-11-9(7-12)3-2-4-10(11)8-13/h2-4H,5-8,12H2,1H3. The highest BCUT2D eigenvalue weighted by molar-refractivity contribution is 5.36. The van der Waals surface area contributed by atoms with E-state index in [4.69, 9.17) is 5.73 Å². The van der Waals surface area contributed by atoms with Gasteiger partial charge in [0.15, 0.2) is 0 Å². The average molecular weight is 176 g/mol. The van der Waals surface area contributed by atoms with E-state index in [1.807, 2.05) is 0 Å². The molecule has 1 aliphatic heterocycles. The van der Waals surface area contributed by atoms with Crippen molar-refractivity contribution in [3.63, 3.8) is 0 Å². The van der Waals surface area contributed by atoms with Crippen LogP contribution in [0, 0.1) is 0 Å². The molecule has 2 rings (SSSR count). The van der Waals surface area contributed by atoms with E-state index in [1.165, 1.54) is 16.7 Å². The van der Waals surface area contributed by atoms with E-state index in [2.05, 4.69) is 30.1 Å². The summed E-state index contributed by atoms with van der Waals surface area (Å²) in [6, 6.07) is 6.47. The molecule has 0 aliphatic carbocycles. The summed E-state index contributed by atoms with van der Waals surface area (Å²) in [4.78, 5) is 2.35. The highest BCUT2D eigenvalue weighted by Crippen LogP contribution is 2.21. The van der Waals surface area contributed by atoms with Crippen molar-refractivity contribution in [1.82, 2.24) is 4.90 Å². The molecule has 1 heterocycles. The molecule has 0 amide bonds. The Kier molecular flexibility index (Phi) is 2.34. The smallest absolute Gasteiger partial charge is 0.0233 e. The first-order chi connectivity index (χ1) is 6.31. The fourth-order valence-electron chi connectivity index (χ4n) is 2.02. The summed E-state index contributed by atoms with van der Waals surface area (Å²) < 4.78 is 0. The van der Waals surface area contributed by atoms with Crippen LogP contribution in [0.4, 0.5) is 0 Å². The van der Waals surface area contributed by atoms with E-state index in [1.54, 1.807) is 0 Å². The van der Waals surface area contributed by atoms with Crippen molar-refractivity contribution in [2.24, 2.45) is 5.73 Å². The molecule has 0 bridgehead atoms. The SMILES string of the molecule is CN1CCc2c(CN)cccc2C1. The van der Waals surface area contributed by atoms with Gasteiger partial charge in [-0.1, -0.05) is 18.2 Å². The number of fused-ring (bicyclic) bond motifs is 1. The van der Waals surface area contributed by atoms with E-state index < -0.39 is 0 Å². The molecule has 0 radical (unpaired) electrons. The maximum atomic E-state index is 5.69. The van der Waals surface area contributed by atoms with Gasteiger partial charge in [0.05, 0.1) is 0 Å². The number of likely N-dealkylation sites (N-methyl/N-ethyl adjacent to an activating group) is 1. The molecule has 70 valence electrons. The highest BCUT2D eigenvalue weighted by Gasteiger charge is 2.14. The van der Waals surface area contributed by atoms with Crippen molar-refractivity contribution >= 4 is 0 Å². The molecule has 1 aromatic carbocycles. The molecular weight excluding hydrogens is 160 g/mol. The summed E-state index contributed by atoms with van der Waals surface area (Å²) in [5.41, 5.74) is 9.96. The van der Waals surface area contributed by atoms with Gasteiger partial charge in [0, 0.05) is 19.6 Å². The van der Waals surface area contributed by atoms with Crippen molar-refractivity contribution in [2.45, 2.75) is 19.5 Å². The third-order valence-electron chi connectivity index (χ3n) is 2.77. The number of nitrogens with zero attached hydrogens (tertiary/aromatic N) is 1. The van der Waals surface area contributed by atoms with Gasteiger partial charge in [0.1, 0.15) is 0 Å². The van der Waals surface area contributed by atoms with E-state index in [0.29, 0.717) is 6.54 Å². The third kappa shape index (κ3) is 1.60. The second-order valence-electron chi connectivity index (χ2n) is 3.75. The zero-order chi connectivity index (χ0) is 9.26. The highest BCUT2D eigenvalue weighted by atomic mass is 15.1. The number of hydrogen-bond acceptors (Lipinski definition) is 2. The predicted molar refractivity (Wildman–Crippen MR) is 54.4 cm³/mol. The Labute approximate surface area is 79.4 Å². The molecule has 2 N–H and O–H groups in total. The molecule has 0 aromatic heterocycles. The zero-order valence-electron chi connectivity index (χ0n) is 8.09. The number of benzene rings is 1. The Bertz CT molecular complexity index is 307. The molecule has 2 nitrogen and oxygen atoms in total. The number of rotatable bonds is 1. The van der Waals surface area contributed by atoms with Gasteiger partial charge >= 0.3 is 0 Å². The van der Waals surface area contributed by atoms with Gasteiger partial charge in [0.25, 0.3) is 0 Å². The molecule has 0 unspecified atom stereocenters. The maximum absolute atomic E-state index is 5.69. The van der Waals surface area contributed by atoms with E-state index in [-0.39, 0.29) is 0 Å². The van der Waals surface area contributed by atoms with E-state index in [9.17, 15) is 0 Å². The first-order valence-corrected chi connectivity index (χ1v) is 4.79. The second kappa shape index (κ2) is 3.48. The number of hydrogen-bond donors (Lipinski definition) is 1. The van der Waals surface area contributed by atoms with Gasteiger partial charge in [-0.25, -0.2) is 0 Å². The molecule has 1 aromatic rings. The molecular formula is C11H16N2. The first kappa shape index (κ1) is 8.73. The van der Waals surface area contributed by atoms with E-state index in [0.717, 1.165) is 19.5 Å². The van der Waals surface area contributed by atoms with Gasteiger partial charge in [-0.05, 0) is 30.2 Å². The quantitative estimate of drug-likeness (QED) is 0.695.